The molecular weight excluding hydrogens is 358 g/mol. The zero-order valence-electron chi connectivity index (χ0n) is 16.2. The summed E-state index contributed by atoms with van der Waals surface area (Å²) in [5, 5.41) is 8.16. The number of hydrogen-bond donors (Lipinski definition) is 1. The van der Waals surface area contributed by atoms with Crippen molar-refractivity contribution < 1.29 is 14.3 Å². The molecule has 1 heterocycles. The number of amides is 1. The molecule has 0 radical (unpaired) electrons. The van der Waals surface area contributed by atoms with Crippen LogP contribution >= 0.6 is 0 Å². The first-order chi connectivity index (χ1) is 13.6. The summed E-state index contributed by atoms with van der Waals surface area (Å²) in [4.78, 5) is 25.7. The molecular formula is C21H23N3O4. The maximum Gasteiger partial charge on any atom is 0.276 e. The third-order valence-electron chi connectivity index (χ3n) is 4.46. The van der Waals surface area contributed by atoms with E-state index in [9.17, 15) is 9.59 Å². The van der Waals surface area contributed by atoms with Gasteiger partial charge in [0.05, 0.1) is 25.3 Å². The minimum Gasteiger partial charge on any atom is -0.497 e. The number of benzene rings is 2. The van der Waals surface area contributed by atoms with Crippen LogP contribution in [0.25, 0.3) is 10.8 Å². The average Bonchev–Trinajstić information content (AvgIpc) is 2.73. The van der Waals surface area contributed by atoms with Crippen LogP contribution in [-0.2, 0) is 6.54 Å². The number of hydrogen-bond acceptors (Lipinski definition) is 5. The zero-order chi connectivity index (χ0) is 20.1. The van der Waals surface area contributed by atoms with E-state index >= 15 is 0 Å². The molecule has 1 amide bonds. The molecule has 0 aliphatic carbocycles. The molecule has 0 spiro atoms. The number of ether oxygens (including phenoxy) is 2. The number of fused-ring (bicyclic) bond motifs is 1. The number of methoxy groups -OCH3 is 2. The first-order valence-electron chi connectivity index (χ1n) is 9.12. The SMILES string of the molecule is CCCCn1nc(C(=O)Nc2cc(OC)ccc2OC)c2ccccc2c1=O. The molecule has 3 aromatic rings. The first-order valence-corrected chi connectivity index (χ1v) is 9.12. The van der Waals surface area contributed by atoms with E-state index in [4.69, 9.17) is 9.47 Å². The minimum absolute atomic E-state index is 0.191. The van der Waals surface area contributed by atoms with Gasteiger partial charge in [-0.3, -0.25) is 9.59 Å². The second kappa shape index (κ2) is 8.56. The summed E-state index contributed by atoms with van der Waals surface area (Å²) in [6, 6.07) is 12.1. The molecule has 0 aliphatic rings. The van der Waals surface area contributed by atoms with E-state index in [1.807, 2.05) is 6.92 Å². The fourth-order valence-electron chi connectivity index (χ4n) is 2.96. The predicted octanol–water partition coefficient (Wildman–Crippen LogP) is 3.47. The lowest BCUT2D eigenvalue weighted by Crippen LogP contribution is -2.27. The fraction of sp³-hybridized carbons (Fsp3) is 0.286. The number of carbonyl (C=O) groups is 1. The van der Waals surface area contributed by atoms with Gasteiger partial charge in [0.25, 0.3) is 11.5 Å². The summed E-state index contributed by atoms with van der Waals surface area (Å²) in [5.41, 5.74) is 0.458. The maximum atomic E-state index is 13.0. The van der Waals surface area contributed by atoms with Crippen LogP contribution in [0.5, 0.6) is 11.5 Å². The summed E-state index contributed by atoms with van der Waals surface area (Å²) in [6.07, 6.45) is 1.72. The molecule has 146 valence electrons. The number of unbranched alkanes of at least 4 members (excludes halogenated alkanes) is 1. The molecule has 7 nitrogen and oxygen atoms in total. The van der Waals surface area contributed by atoms with Crippen molar-refractivity contribution in [3.8, 4) is 11.5 Å². The van der Waals surface area contributed by atoms with E-state index in [0.717, 1.165) is 12.8 Å². The highest BCUT2D eigenvalue weighted by molar-refractivity contribution is 6.11. The Balaban J connectivity index is 2.06. The lowest BCUT2D eigenvalue weighted by molar-refractivity contribution is 0.102. The van der Waals surface area contributed by atoms with Gasteiger partial charge in [0.2, 0.25) is 0 Å². The summed E-state index contributed by atoms with van der Waals surface area (Å²) in [7, 11) is 3.07. The third-order valence-corrected chi connectivity index (χ3v) is 4.46. The van der Waals surface area contributed by atoms with Crippen LogP contribution in [0.1, 0.15) is 30.3 Å². The van der Waals surface area contributed by atoms with E-state index in [1.54, 1.807) is 49.6 Å². The molecule has 2 aromatic carbocycles. The van der Waals surface area contributed by atoms with Crippen molar-refractivity contribution in [2.45, 2.75) is 26.3 Å². The smallest absolute Gasteiger partial charge is 0.276 e. The summed E-state index contributed by atoms with van der Waals surface area (Å²) in [5.74, 6) is 0.660. The molecule has 0 atom stereocenters. The largest absolute Gasteiger partial charge is 0.497 e. The average molecular weight is 381 g/mol. The Kier molecular flexibility index (Phi) is 5.93. The van der Waals surface area contributed by atoms with Gasteiger partial charge in [0, 0.05) is 18.0 Å². The van der Waals surface area contributed by atoms with Crippen molar-refractivity contribution in [3.05, 3.63) is 58.5 Å². The molecule has 0 fully saturated rings. The number of nitrogens with zero attached hydrogens (tertiary/aromatic N) is 2. The van der Waals surface area contributed by atoms with Gasteiger partial charge in [-0.25, -0.2) is 4.68 Å². The van der Waals surface area contributed by atoms with Crippen LogP contribution in [0.2, 0.25) is 0 Å². The molecule has 0 bridgehead atoms. The molecule has 1 aromatic heterocycles. The summed E-state index contributed by atoms with van der Waals surface area (Å²) >= 11 is 0. The van der Waals surface area contributed by atoms with Gasteiger partial charge in [-0.05, 0) is 24.6 Å². The normalized spacial score (nSPS) is 10.7. The number of anilines is 1. The van der Waals surface area contributed by atoms with Crippen LogP contribution < -0.4 is 20.3 Å². The van der Waals surface area contributed by atoms with E-state index < -0.39 is 5.91 Å². The minimum atomic E-state index is -0.423. The van der Waals surface area contributed by atoms with Gasteiger partial charge in [-0.2, -0.15) is 5.10 Å². The second-order valence-corrected chi connectivity index (χ2v) is 6.30. The van der Waals surface area contributed by atoms with Gasteiger partial charge >= 0.3 is 0 Å². The molecule has 7 heteroatoms. The van der Waals surface area contributed by atoms with Gasteiger partial charge in [0.1, 0.15) is 11.5 Å². The molecule has 0 saturated carbocycles. The molecule has 0 aliphatic heterocycles. The van der Waals surface area contributed by atoms with Crippen molar-refractivity contribution in [2.24, 2.45) is 0 Å². The van der Waals surface area contributed by atoms with E-state index in [-0.39, 0.29) is 11.3 Å². The quantitative estimate of drug-likeness (QED) is 0.678. The van der Waals surface area contributed by atoms with Crippen molar-refractivity contribution in [3.63, 3.8) is 0 Å². The molecule has 28 heavy (non-hydrogen) atoms. The number of aromatic nitrogens is 2. The standard InChI is InChI=1S/C21H23N3O4/c1-4-5-12-24-21(26)16-9-7-6-8-15(16)19(23-24)20(25)22-17-13-14(27-2)10-11-18(17)28-3/h6-11,13H,4-5,12H2,1-3H3,(H,22,25). The Labute approximate surface area is 162 Å². The van der Waals surface area contributed by atoms with Gasteiger partial charge in [-0.1, -0.05) is 31.5 Å². The number of rotatable bonds is 7. The van der Waals surface area contributed by atoms with Gasteiger partial charge in [0.15, 0.2) is 5.69 Å². The Bertz CT molecular complexity index is 1060. The van der Waals surface area contributed by atoms with E-state index in [2.05, 4.69) is 10.4 Å². The maximum absolute atomic E-state index is 13.0. The van der Waals surface area contributed by atoms with Crippen molar-refractivity contribution in [2.75, 3.05) is 19.5 Å². The monoisotopic (exact) mass is 381 g/mol. The first kappa shape index (κ1) is 19.4. The second-order valence-electron chi connectivity index (χ2n) is 6.30. The fourth-order valence-corrected chi connectivity index (χ4v) is 2.96. The molecule has 1 N–H and O–H groups in total. The predicted molar refractivity (Wildman–Crippen MR) is 108 cm³/mol. The van der Waals surface area contributed by atoms with Crippen molar-refractivity contribution >= 4 is 22.4 Å². The molecule has 3 rings (SSSR count). The van der Waals surface area contributed by atoms with Crippen LogP contribution in [0.15, 0.2) is 47.3 Å². The zero-order valence-corrected chi connectivity index (χ0v) is 16.2. The Morgan fingerprint density at radius 2 is 1.86 bits per heavy atom. The number of carbonyl (C=O) groups excluding carboxylic acids is 1. The van der Waals surface area contributed by atoms with Crippen molar-refractivity contribution in [1.82, 2.24) is 9.78 Å². The Morgan fingerprint density at radius 1 is 1.11 bits per heavy atom. The Morgan fingerprint density at radius 3 is 2.54 bits per heavy atom. The van der Waals surface area contributed by atoms with E-state index in [1.165, 1.54) is 11.8 Å². The lowest BCUT2D eigenvalue weighted by atomic mass is 10.1. The topological polar surface area (TPSA) is 82.5 Å². The van der Waals surface area contributed by atoms with Crippen LogP contribution in [0.4, 0.5) is 5.69 Å². The lowest BCUT2D eigenvalue weighted by Gasteiger charge is -2.13. The molecule has 0 unspecified atom stereocenters. The Hall–Kier alpha value is -3.35. The third kappa shape index (κ3) is 3.83. The van der Waals surface area contributed by atoms with Crippen LogP contribution in [0, 0.1) is 0 Å². The van der Waals surface area contributed by atoms with Crippen LogP contribution in [-0.4, -0.2) is 29.9 Å². The highest BCUT2D eigenvalue weighted by Gasteiger charge is 2.18. The highest BCUT2D eigenvalue weighted by atomic mass is 16.5. The number of aryl methyl sites for hydroxylation is 1. The molecule has 0 saturated heterocycles. The number of nitrogens with one attached hydrogen (secondary N) is 1. The summed E-state index contributed by atoms with van der Waals surface area (Å²) < 4.78 is 11.9. The van der Waals surface area contributed by atoms with Crippen LogP contribution in [0.3, 0.4) is 0 Å². The van der Waals surface area contributed by atoms with E-state index in [0.29, 0.717) is 34.5 Å². The van der Waals surface area contributed by atoms with Gasteiger partial charge in [-0.15, -0.1) is 0 Å². The summed E-state index contributed by atoms with van der Waals surface area (Å²) in [6.45, 7) is 2.50. The van der Waals surface area contributed by atoms with Gasteiger partial charge < -0.3 is 14.8 Å². The highest BCUT2D eigenvalue weighted by Crippen LogP contribution is 2.29. The van der Waals surface area contributed by atoms with Crippen molar-refractivity contribution in [1.29, 1.82) is 0 Å².